The fourth-order valence-corrected chi connectivity index (χ4v) is 3.53. The van der Waals surface area contributed by atoms with E-state index in [-0.39, 0.29) is 0 Å². The summed E-state index contributed by atoms with van der Waals surface area (Å²) in [5.41, 5.74) is 4.38. The van der Waals surface area contributed by atoms with E-state index in [4.69, 9.17) is 0 Å². The highest BCUT2D eigenvalue weighted by atomic mass is 32.1. The lowest BCUT2D eigenvalue weighted by atomic mass is 10.1. The van der Waals surface area contributed by atoms with Gasteiger partial charge >= 0.3 is 0 Å². The standard InChI is InChI=1S/C19H24N6S/c1-13-9-14(2)25(24-13)18-8-6-5-7-16(18)10-22-19(20-4)23-12-17-11-21-15(3)26-17/h5-9,11H,10,12H2,1-4H3,(H2,20,22,23). The molecule has 0 saturated carbocycles. The molecule has 2 aromatic heterocycles. The number of nitrogens with one attached hydrogen (secondary N) is 2. The molecule has 0 spiro atoms. The monoisotopic (exact) mass is 368 g/mol. The summed E-state index contributed by atoms with van der Waals surface area (Å²) < 4.78 is 1.99. The number of rotatable bonds is 5. The van der Waals surface area contributed by atoms with Crippen molar-refractivity contribution >= 4 is 17.3 Å². The summed E-state index contributed by atoms with van der Waals surface area (Å²) in [6, 6.07) is 10.4. The maximum Gasteiger partial charge on any atom is 0.191 e. The Balaban J connectivity index is 1.68. The Morgan fingerprint density at radius 2 is 1.92 bits per heavy atom. The van der Waals surface area contributed by atoms with E-state index < -0.39 is 0 Å². The van der Waals surface area contributed by atoms with Gasteiger partial charge in [0.25, 0.3) is 0 Å². The maximum atomic E-state index is 4.60. The minimum atomic E-state index is 0.663. The second-order valence-corrected chi connectivity index (χ2v) is 7.41. The van der Waals surface area contributed by atoms with Crippen molar-refractivity contribution < 1.29 is 0 Å². The molecule has 2 heterocycles. The largest absolute Gasteiger partial charge is 0.352 e. The highest BCUT2D eigenvalue weighted by Crippen LogP contribution is 2.17. The molecular weight excluding hydrogens is 344 g/mol. The molecule has 0 unspecified atom stereocenters. The zero-order valence-corrected chi connectivity index (χ0v) is 16.4. The zero-order valence-electron chi connectivity index (χ0n) is 15.6. The maximum absolute atomic E-state index is 4.60. The molecule has 1 aromatic carbocycles. The van der Waals surface area contributed by atoms with Crippen LogP contribution in [-0.2, 0) is 13.1 Å². The molecule has 3 rings (SSSR count). The van der Waals surface area contributed by atoms with Gasteiger partial charge in [0.1, 0.15) is 0 Å². The van der Waals surface area contributed by atoms with Gasteiger partial charge < -0.3 is 10.6 Å². The van der Waals surface area contributed by atoms with E-state index in [1.807, 2.05) is 36.9 Å². The molecule has 0 aliphatic heterocycles. The summed E-state index contributed by atoms with van der Waals surface area (Å²) in [6.07, 6.45) is 1.90. The van der Waals surface area contributed by atoms with Crippen molar-refractivity contribution in [2.45, 2.75) is 33.9 Å². The minimum Gasteiger partial charge on any atom is -0.352 e. The third-order valence-corrected chi connectivity index (χ3v) is 4.91. The molecule has 3 aromatic rings. The van der Waals surface area contributed by atoms with Gasteiger partial charge in [0.2, 0.25) is 0 Å². The molecule has 7 heteroatoms. The van der Waals surface area contributed by atoms with Crippen LogP contribution < -0.4 is 10.6 Å². The molecule has 6 nitrogen and oxygen atoms in total. The summed E-state index contributed by atoms with van der Waals surface area (Å²) >= 11 is 1.69. The van der Waals surface area contributed by atoms with Crippen molar-refractivity contribution in [3.8, 4) is 5.69 Å². The quantitative estimate of drug-likeness (QED) is 0.536. The predicted molar refractivity (Wildman–Crippen MR) is 107 cm³/mol. The molecule has 0 amide bonds. The van der Waals surface area contributed by atoms with Crippen LogP contribution in [0.15, 0.2) is 41.5 Å². The first-order chi connectivity index (χ1) is 12.6. The van der Waals surface area contributed by atoms with Gasteiger partial charge in [0.15, 0.2) is 5.96 Å². The number of hydrogen-bond acceptors (Lipinski definition) is 4. The Labute approximate surface area is 158 Å². The second kappa shape index (κ2) is 8.14. The molecule has 26 heavy (non-hydrogen) atoms. The van der Waals surface area contributed by atoms with E-state index in [0.29, 0.717) is 13.1 Å². The number of para-hydroxylation sites is 1. The summed E-state index contributed by atoms with van der Waals surface area (Å²) in [5, 5.41) is 12.4. The molecule has 0 bridgehead atoms. The normalized spacial score (nSPS) is 11.6. The van der Waals surface area contributed by atoms with E-state index in [2.05, 4.69) is 50.8 Å². The van der Waals surface area contributed by atoms with Crippen molar-refractivity contribution in [3.05, 3.63) is 63.4 Å². The summed E-state index contributed by atoms with van der Waals surface area (Å²) in [6.45, 7) is 7.47. The van der Waals surface area contributed by atoms with Crippen molar-refractivity contribution in [2.75, 3.05) is 7.05 Å². The SMILES string of the molecule is CN=C(NCc1cnc(C)s1)NCc1ccccc1-n1nc(C)cc1C. The van der Waals surface area contributed by atoms with E-state index in [0.717, 1.165) is 33.6 Å². The van der Waals surface area contributed by atoms with Gasteiger partial charge in [-0.15, -0.1) is 11.3 Å². The van der Waals surface area contributed by atoms with Crippen LogP contribution in [0.3, 0.4) is 0 Å². The molecule has 0 radical (unpaired) electrons. The molecule has 136 valence electrons. The number of nitrogens with zero attached hydrogens (tertiary/aromatic N) is 4. The lowest BCUT2D eigenvalue weighted by Gasteiger charge is -2.14. The van der Waals surface area contributed by atoms with Crippen LogP contribution in [0.25, 0.3) is 5.69 Å². The van der Waals surface area contributed by atoms with Crippen LogP contribution in [0.4, 0.5) is 0 Å². The lowest BCUT2D eigenvalue weighted by molar-refractivity contribution is 0.783. The molecular formula is C19H24N6S. The average molecular weight is 369 g/mol. The van der Waals surface area contributed by atoms with Crippen LogP contribution in [0.1, 0.15) is 26.8 Å². The molecule has 0 aliphatic rings. The second-order valence-electron chi connectivity index (χ2n) is 6.09. The highest BCUT2D eigenvalue weighted by molar-refractivity contribution is 7.11. The van der Waals surface area contributed by atoms with Crippen LogP contribution in [0.2, 0.25) is 0 Å². The summed E-state index contributed by atoms with van der Waals surface area (Å²) in [4.78, 5) is 9.77. The van der Waals surface area contributed by atoms with E-state index in [1.165, 1.54) is 4.88 Å². The summed E-state index contributed by atoms with van der Waals surface area (Å²) in [5.74, 6) is 0.763. The fraction of sp³-hybridized carbons (Fsp3) is 0.316. The smallest absolute Gasteiger partial charge is 0.191 e. The third kappa shape index (κ3) is 4.29. The average Bonchev–Trinajstić information content (AvgIpc) is 3.20. The van der Waals surface area contributed by atoms with Crippen LogP contribution in [0.5, 0.6) is 0 Å². The number of guanidine groups is 1. The van der Waals surface area contributed by atoms with Crippen molar-refractivity contribution in [3.63, 3.8) is 0 Å². The zero-order chi connectivity index (χ0) is 18.5. The molecule has 0 saturated heterocycles. The van der Waals surface area contributed by atoms with Crippen LogP contribution in [-0.4, -0.2) is 27.8 Å². The van der Waals surface area contributed by atoms with Gasteiger partial charge in [-0.3, -0.25) is 4.99 Å². The Bertz CT molecular complexity index is 908. The minimum absolute atomic E-state index is 0.663. The van der Waals surface area contributed by atoms with Crippen molar-refractivity contribution in [1.82, 2.24) is 25.4 Å². The topological polar surface area (TPSA) is 67.1 Å². The van der Waals surface area contributed by atoms with Gasteiger partial charge in [-0.2, -0.15) is 5.10 Å². The van der Waals surface area contributed by atoms with Crippen molar-refractivity contribution in [2.24, 2.45) is 4.99 Å². The number of aliphatic imine (C=N–C) groups is 1. The summed E-state index contributed by atoms with van der Waals surface area (Å²) in [7, 11) is 1.78. The van der Waals surface area contributed by atoms with Gasteiger partial charge in [-0.05, 0) is 38.5 Å². The number of aromatic nitrogens is 3. The van der Waals surface area contributed by atoms with Crippen LogP contribution >= 0.6 is 11.3 Å². The lowest BCUT2D eigenvalue weighted by Crippen LogP contribution is -2.36. The number of thiazole rings is 1. The third-order valence-electron chi connectivity index (χ3n) is 4.00. The Morgan fingerprint density at radius 3 is 2.58 bits per heavy atom. The van der Waals surface area contributed by atoms with Crippen molar-refractivity contribution in [1.29, 1.82) is 0 Å². The van der Waals surface area contributed by atoms with E-state index in [1.54, 1.807) is 18.4 Å². The van der Waals surface area contributed by atoms with Gasteiger partial charge in [0.05, 0.1) is 22.9 Å². The molecule has 0 atom stereocenters. The first-order valence-corrected chi connectivity index (χ1v) is 9.36. The molecule has 0 fully saturated rings. The van der Waals surface area contributed by atoms with Gasteiger partial charge in [-0.25, -0.2) is 9.67 Å². The van der Waals surface area contributed by atoms with E-state index in [9.17, 15) is 0 Å². The van der Waals surface area contributed by atoms with E-state index >= 15 is 0 Å². The first-order valence-electron chi connectivity index (χ1n) is 8.54. The Hall–Kier alpha value is -2.67. The highest BCUT2D eigenvalue weighted by Gasteiger charge is 2.09. The molecule has 0 aliphatic carbocycles. The first kappa shape index (κ1) is 18.1. The number of hydrogen-bond donors (Lipinski definition) is 2. The Kier molecular flexibility index (Phi) is 5.68. The number of aryl methyl sites for hydroxylation is 3. The van der Waals surface area contributed by atoms with Gasteiger partial charge in [-0.1, -0.05) is 18.2 Å². The Morgan fingerprint density at radius 1 is 1.15 bits per heavy atom. The predicted octanol–water partition coefficient (Wildman–Crippen LogP) is 3.12. The molecule has 2 N–H and O–H groups in total. The fourth-order valence-electron chi connectivity index (χ4n) is 2.80. The number of benzene rings is 1. The van der Waals surface area contributed by atoms with Gasteiger partial charge in [0, 0.05) is 30.4 Å². The van der Waals surface area contributed by atoms with Crippen LogP contribution in [0, 0.1) is 20.8 Å².